The van der Waals surface area contributed by atoms with E-state index in [1.807, 2.05) is 36.4 Å². The number of carboxylic acids is 1. The van der Waals surface area contributed by atoms with E-state index in [2.05, 4.69) is 9.98 Å². The van der Waals surface area contributed by atoms with Crippen LogP contribution in [-0.2, 0) is 4.79 Å². The van der Waals surface area contributed by atoms with E-state index in [9.17, 15) is 4.79 Å². The number of allylic oxidation sites excluding steroid dienone is 1. The van der Waals surface area contributed by atoms with Crippen molar-refractivity contribution in [1.82, 2.24) is 0 Å². The van der Waals surface area contributed by atoms with Crippen LogP contribution in [0.1, 0.15) is 18.4 Å². The Bertz CT molecular complexity index is 520. The first-order valence-electron chi connectivity index (χ1n) is 6.62. The summed E-state index contributed by atoms with van der Waals surface area (Å²) in [4.78, 5) is 18.9. The van der Waals surface area contributed by atoms with Crippen LogP contribution < -0.4 is 11.5 Å². The number of guanidine groups is 1. The quantitative estimate of drug-likeness (QED) is 0.379. The van der Waals surface area contributed by atoms with Crippen LogP contribution in [-0.4, -0.2) is 35.8 Å². The fraction of sp³-hybridized carbons (Fsp3) is 0.267. The van der Waals surface area contributed by atoms with Gasteiger partial charge in [-0.15, -0.1) is 0 Å². The van der Waals surface area contributed by atoms with Crippen molar-refractivity contribution < 1.29 is 9.90 Å². The van der Waals surface area contributed by atoms with E-state index in [-0.39, 0.29) is 5.96 Å². The fourth-order valence-corrected chi connectivity index (χ4v) is 1.63. The van der Waals surface area contributed by atoms with Gasteiger partial charge in [-0.2, -0.15) is 0 Å². The molecule has 0 aliphatic carbocycles. The standard InChI is InChI=1S/C15H20N4O2/c16-15(17)19-11-5-9-13(14(20)21)18-10-4-8-12-6-2-1-3-7-12/h1-4,6-8,10,13H,5,9,11H2,(H,20,21)(H4,16,17,19)/b8-4+,18-10?. The number of benzene rings is 1. The second kappa shape index (κ2) is 9.30. The summed E-state index contributed by atoms with van der Waals surface area (Å²) in [7, 11) is 0. The van der Waals surface area contributed by atoms with Crippen LogP contribution >= 0.6 is 0 Å². The number of aliphatic carboxylic acids is 1. The summed E-state index contributed by atoms with van der Waals surface area (Å²) in [6.07, 6.45) is 6.05. The highest BCUT2D eigenvalue weighted by Crippen LogP contribution is 2.03. The Kier molecular flexibility index (Phi) is 7.28. The SMILES string of the molecule is NC(N)=NCCCC(N=C/C=C/c1ccccc1)C(=O)O. The van der Waals surface area contributed by atoms with Gasteiger partial charge in [-0.05, 0) is 24.5 Å². The van der Waals surface area contributed by atoms with Gasteiger partial charge in [-0.3, -0.25) is 9.98 Å². The molecule has 1 unspecified atom stereocenters. The molecule has 5 N–H and O–H groups in total. The summed E-state index contributed by atoms with van der Waals surface area (Å²) in [6.45, 7) is 0.404. The molecule has 0 fully saturated rings. The zero-order valence-electron chi connectivity index (χ0n) is 11.7. The highest BCUT2D eigenvalue weighted by molar-refractivity contribution is 5.82. The van der Waals surface area contributed by atoms with Crippen LogP contribution in [0.3, 0.4) is 0 Å². The molecule has 21 heavy (non-hydrogen) atoms. The summed E-state index contributed by atoms with van der Waals surface area (Å²) in [5, 5.41) is 9.08. The molecule has 0 bridgehead atoms. The number of aliphatic imine (C=N–C) groups is 2. The Morgan fingerprint density at radius 3 is 2.62 bits per heavy atom. The minimum absolute atomic E-state index is 0.0103. The average Bonchev–Trinajstić information content (AvgIpc) is 2.46. The summed E-state index contributed by atoms with van der Waals surface area (Å²) in [5.41, 5.74) is 11.4. The highest BCUT2D eigenvalue weighted by atomic mass is 16.4. The number of carbonyl (C=O) groups is 1. The average molecular weight is 288 g/mol. The molecule has 6 heteroatoms. The first kappa shape index (κ1) is 16.4. The van der Waals surface area contributed by atoms with Gasteiger partial charge in [-0.1, -0.05) is 36.4 Å². The summed E-state index contributed by atoms with van der Waals surface area (Å²) >= 11 is 0. The summed E-state index contributed by atoms with van der Waals surface area (Å²) < 4.78 is 0. The topological polar surface area (TPSA) is 114 Å². The van der Waals surface area contributed by atoms with Crippen molar-refractivity contribution in [2.75, 3.05) is 6.54 Å². The van der Waals surface area contributed by atoms with E-state index in [4.69, 9.17) is 16.6 Å². The van der Waals surface area contributed by atoms with Crippen molar-refractivity contribution in [3.05, 3.63) is 42.0 Å². The van der Waals surface area contributed by atoms with Gasteiger partial charge in [0.05, 0.1) is 0 Å². The third-order valence-electron chi connectivity index (χ3n) is 2.66. The number of rotatable bonds is 8. The van der Waals surface area contributed by atoms with Gasteiger partial charge >= 0.3 is 5.97 Å². The van der Waals surface area contributed by atoms with E-state index >= 15 is 0 Å². The third kappa shape index (κ3) is 7.51. The molecule has 6 nitrogen and oxygen atoms in total. The minimum Gasteiger partial charge on any atom is -0.480 e. The van der Waals surface area contributed by atoms with Gasteiger partial charge in [0.15, 0.2) is 5.96 Å². The number of hydrogen-bond acceptors (Lipinski definition) is 3. The van der Waals surface area contributed by atoms with Crippen LogP contribution in [0.15, 0.2) is 46.4 Å². The Labute approximate surface area is 123 Å². The van der Waals surface area contributed by atoms with Crippen LogP contribution in [0.5, 0.6) is 0 Å². The van der Waals surface area contributed by atoms with Gasteiger partial charge in [0, 0.05) is 12.8 Å². The lowest BCUT2D eigenvalue weighted by atomic mass is 10.1. The van der Waals surface area contributed by atoms with Crippen molar-refractivity contribution in [2.24, 2.45) is 21.5 Å². The lowest BCUT2D eigenvalue weighted by Crippen LogP contribution is -2.23. The fourth-order valence-electron chi connectivity index (χ4n) is 1.63. The molecule has 112 valence electrons. The molecular formula is C15H20N4O2. The van der Waals surface area contributed by atoms with Gasteiger partial charge in [0.1, 0.15) is 6.04 Å². The predicted octanol–water partition coefficient (Wildman–Crippen LogP) is 1.28. The van der Waals surface area contributed by atoms with Crippen LogP contribution in [0, 0.1) is 0 Å². The number of hydrogen-bond donors (Lipinski definition) is 3. The molecule has 1 rings (SSSR count). The minimum atomic E-state index is -0.955. The molecule has 0 aliphatic heterocycles. The maximum Gasteiger partial charge on any atom is 0.328 e. The van der Waals surface area contributed by atoms with Crippen LogP contribution in [0.2, 0.25) is 0 Å². The van der Waals surface area contributed by atoms with Crippen molar-refractivity contribution in [1.29, 1.82) is 0 Å². The van der Waals surface area contributed by atoms with Crippen LogP contribution in [0.25, 0.3) is 6.08 Å². The monoisotopic (exact) mass is 288 g/mol. The molecule has 0 saturated heterocycles. The zero-order chi connectivity index (χ0) is 15.5. The Morgan fingerprint density at radius 2 is 2.00 bits per heavy atom. The molecule has 0 heterocycles. The molecule has 0 radical (unpaired) electrons. The molecule has 0 spiro atoms. The number of nitrogens with zero attached hydrogens (tertiary/aromatic N) is 2. The summed E-state index contributed by atoms with van der Waals surface area (Å²) in [6, 6.07) is 8.92. The van der Waals surface area contributed by atoms with E-state index in [1.54, 1.807) is 6.08 Å². The first-order valence-corrected chi connectivity index (χ1v) is 6.62. The lowest BCUT2D eigenvalue weighted by Gasteiger charge is -2.05. The maximum absolute atomic E-state index is 11.1. The molecule has 0 amide bonds. The Morgan fingerprint density at radius 1 is 1.29 bits per heavy atom. The molecular weight excluding hydrogens is 268 g/mol. The third-order valence-corrected chi connectivity index (χ3v) is 2.66. The normalized spacial score (nSPS) is 12.6. The van der Waals surface area contributed by atoms with Crippen molar-refractivity contribution in [3.8, 4) is 0 Å². The molecule has 0 aromatic heterocycles. The predicted molar refractivity (Wildman–Crippen MR) is 85.3 cm³/mol. The van der Waals surface area contributed by atoms with Gasteiger partial charge in [0.2, 0.25) is 0 Å². The second-order valence-electron chi connectivity index (χ2n) is 4.37. The van der Waals surface area contributed by atoms with Crippen molar-refractivity contribution in [2.45, 2.75) is 18.9 Å². The van der Waals surface area contributed by atoms with Crippen molar-refractivity contribution >= 4 is 24.2 Å². The maximum atomic E-state index is 11.1. The zero-order valence-corrected chi connectivity index (χ0v) is 11.7. The van der Waals surface area contributed by atoms with E-state index < -0.39 is 12.0 Å². The smallest absolute Gasteiger partial charge is 0.328 e. The Balaban J connectivity index is 2.46. The van der Waals surface area contributed by atoms with Gasteiger partial charge in [0.25, 0.3) is 0 Å². The summed E-state index contributed by atoms with van der Waals surface area (Å²) in [5.74, 6) is -0.944. The molecule has 1 aromatic rings. The van der Waals surface area contributed by atoms with Crippen molar-refractivity contribution in [3.63, 3.8) is 0 Å². The molecule has 1 aromatic carbocycles. The molecule has 0 aliphatic rings. The van der Waals surface area contributed by atoms with Gasteiger partial charge < -0.3 is 16.6 Å². The van der Waals surface area contributed by atoms with Crippen LogP contribution in [0.4, 0.5) is 0 Å². The van der Waals surface area contributed by atoms with Gasteiger partial charge in [-0.25, -0.2) is 4.79 Å². The Hall–Kier alpha value is -2.63. The number of carboxylic acid groups (broad SMARTS) is 1. The molecule has 1 atom stereocenters. The van der Waals surface area contributed by atoms with E-state index in [0.29, 0.717) is 19.4 Å². The largest absolute Gasteiger partial charge is 0.480 e. The second-order valence-corrected chi connectivity index (χ2v) is 4.37. The first-order chi connectivity index (χ1) is 10.1. The number of nitrogens with two attached hydrogens (primary N) is 2. The lowest BCUT2D eigenvalue weighted by molar-refractivity contribution is -0.138. The highest BCUT2D eigenvalue weighted by Gasteiger charge is 2.13. The van der Waals surface area contributed by atoms with E-state index in [0.717, 1.165) is 5.56 Å². The molecule has 0 saturated carbocycles. The van der Waals surface area contributed by atoms with E-state index in [1.165, 1.54) is 6.21 Å².